The van der Waals surface area contributed by atoms with Crippen LogP contribution in [-0.4, -0.2) is 44.3 Å². The lowest BCUT2D eigenvalue weighted by molar-refractivity contribution is -0.138. The molecule has 2 unspecified atom stereocenters. The van der Waals surface area contributed by atoms with Gasteiger partial charge in [0, 0.05) is 25.8 Å². The quantitative estimate of drug-likeness (QED) is 0.752. The minimum Gasteiger partial charge on any atom is -0.376 e. The van der Waals surface area contributed by atoms with Crippen LogP contribution < -0.4 is 10.6 Å². The summed E-state index contributed by atoms with van der Waals surface area (Å²) in [5.74, 6) is -0.218. The van der Waals surface area contributed by atoms with Gasteiger partial charge in [0.1, 0.15) is 6.10 Å². The zero-order valence-electron chi connectivity index (χ0n) is 15.2. The van der Waals surface area contributed by atoms with Crippen molar-refractivity contribution in [1.82, 2.24) is 10.6 Å². The van der Waals surface area contributed by atoms with Crippen LogP contribution in [0.3, 0.4) is 0 Å². The molecule has 138 valence electrons. The fourth-order valence-corrected chi connectivity index (χ4v) is 2.81. The molecule has 2 amide bonds. The van der Waals surface area contributed by atoms with Gasteiger partial charge in [-0.05, 0) is 36.5 Å². The number of carbonyl (C=O) groups is 2. The Bertz CT molecular complexity index is 583. The SMILES string of the molecule is CNC(=O)c1cccc(CNC(=O)C(OCC2CCCO2)C(C)C)c1. The lowest BCUT2D eigenvalue weighted by Crippen LogP contribution is -2.40. The van der Waals surface area contributed by atoms with Gasteiger partial charge >= 0.3 is 0 Å². The Balaban J connectivity index is 1.88. The molecule has 1 aromatic rings. The molecule has 2 rings (SSSR count). The Hall–Kier alpha value is -1.92. The molecule has 2 atom stereocenters. The zero-order valence-corrected chi connectivity index (χ0v) is 15.2. The van der Waals surface area contributed by atoms with Gasteiger partial charge in [0.25, 0.3) is 5.91 Å². The Kier molecular flexibility index (Phi) is 7.40. The normalized spacial score (nSPS) is 18.2. The molecule has 0 aliphatic carbocycles. The van der Waals surface area contributed by atoms with E-state index in [0.29, 0.717) is 18.7 Å². The van der Waals surface area contributed by atoms with E-state index in [1.54, 1.807) is 25.2 Å². The molecule has 1 fully saturated rings. The number of hydrogen-bond donors (Lipinski definition) is 2. The van der Waals surface area contributed by atoms with Crippen LogP contribution in [0.4, 0.5) is 0 Å². The van der Waals surface area contributed by atoms with Crippen molar-refractivity contribution in [2.45, 2.75) is 45.4 Å². The predicted octanol–water partition coefficient (Wildman–Crippen LogP) is 1.88. The van der Waals surface area contributed by atoms with E-state index < -0.39 is 6.10 Å². The predicted molar refractivity (Wildman–Crippen MR) is 95.2 cm³/mol. The molecular weight excluding hydrogens is 320 g/mol. The summed E-state index contributed by atoms with van der Waals surface area (Å²) in [6.07, 6.45) is 1.62. The van der Waals surface area contributed by atoms with Gasteiger partial charge in [0.2, 0.25) is 5.91 Å². The average Bonchev–Trinajstić information content (AvgIpc) is 3.13. The van der Waals surface area contributed by atoms with Crippen LogP contribution in [0.2, 0.25) is 0 Å². The first-order chi connectivity index (χ1) is 12.0. The van der Waals surface area contributed by atoms with Gasteiger partial charge in [-0.1, -0.05) is 26.0 Å². The molecule has 0 radical (unpaired) electrons. The van der Waals surface area contributed by atoms with Crippen LogP contribution in [-0.2, 0) is 20.8 Å². The average molecular weight is 348 g/mol. The van der Waals surface area contributed by atoms with Gasteiger partial charge in [0.05, 0.1) is 12.7 Å². The number of carbonyl (C=O) groups excluding carboxylic acids is 2. The first-order valence-corrected chi connectivity index (χ1v) is 8.83. The maximum absolute atomic E-state index is 12.5. The van der Waals surface area contributed by atoms with Crippen molar-refractivity contribution in [2.75, 3.05) is 20.3 Å². The highest BCUT2D eigenvalue weighted by atomic mass is 16.5. The van der Waals surface area contributed by atoms with Crippen LogP contribution in [0.1, 0.15) is 42.6 Å². The van der Waals surface area contributed by atoms with Crippen molar-refractivity contribution in [3.05, 3.63) is 35.4 Å². The Morgan fingerprint density at radius 1 is 1.36 bits per heavy atom. The Morgan fingerprint density at radius 3 is 2.80 bits per heavy atom. The number of rotatable bonds is 8. The van der Waals surface area contributed by atoms with E-state index in [9.17, 15) is 9.59 Å². The second kappa shape index (κ2) is 9.53. The van der Waals surface area contributed by atoms with Gasteiger partial charge < -0.3 is 20.1 Å². The maximum Gasteiger partial charge on any atom is 0.251 e. The van der Waals surface area contributed by atoms with E-state index in [1.165, 1.54) is 0 Å². The molecule has 0 saturated carbocycles. The Labute approximate surface area is 149 Å². The molecule has 6 heteroatoms. The highest BCUT2D eigenvalue weighted by molar-refractivity contribution is 5.94. The summed E-state index contributed by atoms with van der Waals surface area (Å²) in [4.78, 5) is 24.2. The Morgan fingerprint density at radius 2 is 2.16 bits per heavy atom. The molecule has 1 saturated heterocycles. The molecule has 6 nitrogen and oxygen atoms in total. The molecule has 0 bridgehead atoms. The number of amides is 2. The van der Waals surface area contributed by atoms with E-state index in [-0.39, 0.29) is 23.8 Å². The molecular formula is C19H28N2O4. The zero-order chi connectivity index (χ0) is 18.2. The smallest absolute Gasteiger partial charge is 0.251 e. The number of hydrogen-bond acceptors (Lipinski definition) is 4. The van der Waals surface area contributed by atoms with Gasteiger partial charge in [-0.15, -0.1) is 0 Å². The van der Waals surface area contributed by atoms with Crippen LogP contribution in [0.25, 0.3) is 0 Å². The van der Waals surface area contributed by atoms with Crippen molar-refractivity contribution in [1.29, 1.82) is 0 Å². The molecule has 1 aliphatic rings. The molecule has 1 heterocycles. The van der Waals surface area contributed by atoms with E-state index in [4.69, 9.17) is 9.47 Å². The van der Waals surface area contributed by atoms with Gasteiger partial charge in [-0.25, -0.2) is 0 Å². The summed E-state index contributed by atoms with van der Waals surface area (Å²) in [6, 6.07) is 7.20. The standard InChI is InChI=1S/C19H28N2O4/c1-13(2)17(25-12-16-8-5-9-24-16)19(23)21-11-14-6-4-7-15(10-14)18(22)20-3/h4,6-7,10,13,16-17H,5,8-9,11-12H2,1-3H3,(H,20,22)(H,21,23). The largest absolute Gasteiger partial charge is 0.376 e. The van der Waals surface area contributed by atoms with Crippen molar-refractivity contribution >= 4 is 11.8 Å². The summed E-state index contributed by atoms with van der Waals surface area (Å²) in [5, 5.41) is 5.50. The van der Waals surface area contributed by atoms with Crippen molar-refractivity contribution in [3.8, 4) is 0 Å². The summed E-state index contributed by atoms with van der Waals surface area (Å²) < 4.78 is 11.4. The van der Waals surface area contributed by atoms with Gasteiger partial charge in [-0.2, -0.15) is 0 Å². The molecule has 1 aliphatic heterocycles. The summed E-state index contributed by atoms with van der Waals surface area (Å²) in [7, 11) is 1.59. The minimum atomic E-state index is -0.508. The highest BCUT2D eigenvalue weighted by Crippen LogP contribution is 2.15. The lowest BCUT2D eigenvalue weighted by atomic mass is 10.1. The van der Waals surface area contributed by atoms with Crippen LogP contribution in [0.15, 0.2) is 24.3 Å². The maximum atomic E-state index is 12.5. The van der Waals surface area contributed by atoms with Crippen molar-refractivity contribution < 1.29 is 19.1 Å². The van der Waals surface area contributed by atoms with Gasteiger partial charge in [-0.3, -0.25) is 9.59 Å². The van der Waals surface area contributed by atoms with Crippen LogP contribution >= 0.6 is 0 Å². The van der Waals surface area contributed by atoms with E-state index in [2.05, 4.69) is 10.6 Å². The third-order valence-electron chi connectivity index (χ3n) is 4.23. The number of benzene rings is 1. The second-order valence-corrected chi connectivity index (χ2v) is 6.63. The minimum absolute atomic E-state index is 0.0682. The van der Waals surface area contributed by atoms with Crippen molar-refractivity contribution in [2.24, 2.45) is 5.92 Å². The monoisotopic (exact) mass is 348 g/mol. The fraction of sp³-hybridized carbons (Fsp3) is 0.579. The van der Waals surface area contributed by atoms with E-state index >= 15 is 0 Å². The van der Waals surface area contributed by atoms with E-state index in [1.807, 2.05) is 19.9 Å². The molecule has 25 heavy (non-hydrogen) atoms. The fourth-order valence-electron chi connectivity index (χ4n) is 2.81. The first-order valence-electron chi connectivity index (χ1n) is 8.83. The second-order valence-electron chi connectivity index (χ2n) is 6.63. The topological polar surface area (TPSA) is 76.7 Å². The van der Waals surface area contributed by atoms with E-state index in [0.717, 1.165) is 25.0 Å². The first kappa shape index (κ1) is 19.4. The third-order valence-corrected chi connectivity index (χ3v) is 4.23. The van der Waals surface area contributed by atoms with Crippen molar-refractivity contribution in [3.63, 3.8) is 0 Å². The highest BCUT2D eigenvalue weighted by Gasteiger charge is 2.25. The van der Waals surface area contributed by atoms with Crippen LogP contribution in [0, 0.1) is 5.92 Å². The number of nitrogens with one attached hydrogen (secondary N) is 2. The molecule has 2 N–H and O–H groups in total. The van der Waals surface area contributed by atoms with Crippen LogP contribution in [0.5, 0.6) is 0 Å². The lowest BCUT2D eigenvalue weighted by Gasteiger charge is -2.22. The number of ether oxygens (including phenoxy) is 2. The third kappa shape index (κ3) is 5.83. The van der Waals surface area contributed by atoms with Gasteiger partial charge in [0.15, 0.2) is 0 Å². The summed E-state index contributed by atoms with van der Waals surface area (Å²) >= 11 is 0. The summed E-state index contributed by atoms with van der Waals surface area (Å²) in [5.41, 5.74) is 1.44. The molecule has 1 aromatic carbocycles. The molecule has 0 spiro atoms. The summed E-state index contributed by atoms with van der Waals surface area (Å²) in [6.45, 7) is 5.50. The molecule has 0 aromatic heterocycles.